The molecule has 0 aromatic carbocycles. The van der Waals surface area contributed by atoms with Gasteiger partial charge >= 0.3 is 0 Å². The molecule has 1 unspecified atom stereocenters. The molecule has 0 bridgehead atoms. The molecule has 1 fully saturated rings. The van der Waals surface area contributed by atoms with E-state index in [1.165, 1.54) is 12.8 Å². The lowest BCUT2D eigenvalue weighted by atomic mass is 9.95. The van der Waals surface area contributed by atoms with Crippen molar-refractivity contribution < 1.29 is 5.11 Å². The third kappa shape index (κ3) is 3.05. The Bertz CT molecular complexity index is 403. The average molecular weight is 272 g/mol. The van der Waals surface area contributed by atoms with Crippen LogP contribution in [0.25, 0.3) is 0 Å². The molecule has 4 nitrogen and oxygen atoms in total. The van der Waals surface area contributed by atoms with Gasteiger partial charge < -0.3 is 5.11 Å². The monoisotopic (exact) mass is 271 g/mol. The molecule has 0 amide bonds. The molecule has 0 radical (unpaired) electrons. The number of piperidine rings is 1. The number of aliphatic hydroxyl groups is 1. The second-order valence-corrected chi connectivity index (χ2v) is 5.60. The molecular weight excluding hydrogens is 250 g/mol. The van der Waals surface area contributed by atoms with E-state index in [-0.39, 0.29) is 0 Å². The second-order valence-electron chi connectivity index (χ2n) is 5.23. The summed E-state index contributed by atoms with van der Waals surface area (Å²) in [5.41, 5.74) is 2.00. The minimum absolute atomic E-state index is 0.296. The summed E-state index contributed by atoms with van der Waals surface area (Å²) in [6, 6.07) is 0. The van der Waals surface area contributed by atoms with E-state index in [2.05, 4.69) is 10.00 Å². The van der Waals surface area contributed by atoms with Crippen molar-refractivity contribution in [2.45, 2.75) is 32.7 Å². The number of aryl methyl sites for hydroxylation is 2. The molecule has 18 heavy (non-hydrogen) atoms. The van der Waals surface area contributed by atoms with E-state index < -0.39 is 0 Å². The van der Waals surface area contributed by atoms with Crippen LogP contribution in [0.3, 0.4) is 0 Å². The molecular formula is C13H22ClN3O. The summed E-state index contributed by atoms with van der Waals surface area (Å²) in [6.07, 6.45) is 3.35. The van der Waals surface area contributed by atoms with Gasteiger partial charge in [-0.05, 0) is 38.6 Å². The van der Waals surface area contributed by atoms with Crippen molar-refractivity contribution >= 4 is 11.6 Å². The zero-order chi connectivity index (χ0) is 13.1. The van der Waals surface area contributed by atoms with Gasteiger partial charge in [-0.25, -0.2) is 0 Å². The predicted octanol–water partition coefficient (Wildman–Crippen LogP) is 1.98. The van der Waals surface area contributed by atoms with E-state index in [1.807, 2.05) is 18.7 Å². The van der Waals surface area contributed by atoms with E-state index in [1.54, 1.807) is 0 Å². The van der Waals surface area contributed by atoms with E-state index >= 15 is 0 Å². The largest absolute Gasteiger partial charge is 0.396 e. The Morgan fingerprint density at radius 1 is 1.50 bits per heavy atom. The first-order valence-corrected chi connectivity index (χ1v) is 7.00. The van der Waals surface area contributed by atoms with Crippen LogP contribution in [0.15, 0.2) is 0 Å². The maximum absolute atomic E-state index is 9.03. The van der Waals surface area contributed by atoms with Crippen molar-refractivity contribution in [2.75, 3.05) is 19.7 Å². The minimum atomic E-state index is 0.296. The highest BCUT2D eigenvalue weighted by molar-refractivity contribution is 6.31. The van der Waals surface area contributed by atoms with E-state index in [9.17, 15) is 0 Å². The van der Waals surface area contributed by atoms with Crippen molar-refractivity contribution in [2.24, 2.45) is 13.0 Å². The van der Waals surface area contributed by atoms with Gasteiger partial charge in [0, 0.05) is 26.7 Å². The Morgan fingerprint density at radius 2 is 2.28 bits per heavy atom. The standard InChI is InChI=1S/C13H22ClN3O/c1-10-13(14)12(16(2)15-10)9-17-6-3-4-11(8-17)5-7-18/h11,18H,3-9H2,1-2H3. The lowest BCUT2D eigenvalue weighted by molar-refractivity contribution is 0.140. The Morgan fingerprint density at radius 3 is 2.89 bits per heavy atom. The van der Waals surface area contributed by atoms with Crippen molar-refractivity contribution in [1.29, 1.82) is 0 Å². The van der Waals surface area contributed by atoms with Gasteiger partial charge in [0.15, 0.2) is 0 Å². The van der Waals surface area contributed by atoms with E-state index in [4.69, 9.17) is 16.7 Å². The molecule has 1 N–H and O–H groups in total. The summed E-state index contributed by atoms with van der Waals surface area (Å²) in [5.74, 6) is 0.622. The van der Waals surface area contributed by atoms with Crippen molar-refractivity contribution in [3.05, 3.63) is 16.4 Å². The van der Waals surface area contributed by atoms with Crippen LogP contribution in [0.2, 0.25) is 5.02 Å². The quantitative estimate of drug-likeness (QED) is 0.910. The normalized spacial score (nSPS) is 21.4. The average Bonchev–Trinajstić information content (AvgIpc) is 2.57. The summed E-state index contributed by atoms with van der Waals surface area (Å²) in [5, 5.41) is 14.2. The molecule has 0 spiro atoms. The van der Waals surface area contributed by atoms with Crippen LogP contribution < -0.4 is 0 Å². The molecule has 0 saturated carbocycles. The lowest BCUT2D eigenvalue weighted by Gasteiger charge is -2.32. The Hall–Kier alpha value is -0.580. The highest BCUT2D eigenvalue weighted by Crippen LogP contribution is 2.25. The lowest BCUT2D eigenvalue weighted by Crippen LogP contribution is -2.35. The van der Waals surface area contributed by atoms with Gasteiger partial charge in [-0.2, -0.15) is 5.10 Å². The van der Waals surface area contributed by atoms with E-state index in [0.29, 0.717) is 12.5 Å². The fourth-order valence-corrected chi connectivity index (χ4v) is 3.00. The smallest absolute Gasteiger partial charge is 0.0860 e. The van der Waals surface area contributed by atoms with Crippen LogP contribution >= 0.6 is 11.6 Å². The minimum Gasteiger partial charge on any atom is -0.396 e. The van der Waals surface area contributed by atoms with Gasteiger partial charge in [0.05, 0.1) is 16.4 Å². The predicted molar refractivity (Wildman–Crippen MR) is 72.7 cm³/mol. The first-order chi connectivity index (χ1) is 8.61. The first kappa shape index (κ1) is 13.8. The van der Waals surface area contributed by atoms with Gasteiger partial charge in [-0.15, -0.1) is 0 Å². The molecule has 2 rings (SSSR count). The zero-order valence-electron chi connectivity index (χ0n) is 11.2. The van der Waals surface area contributed by atoms with E-state index in [0.717, 1.165) is 42.5 Å². The fourth-order valence-electron chi connectivity index (χ4n) is 2.78. The maximum atomic E-state index is 9.03. The summed E-state index contributed by atoms with van der Waals surface area (Å²) < 4.78 is 1.88. The van der Waals surface area contributed by atoms with Crippen LogP contribution in [-0.4, -0.2) is 39.5 Å². The van der Waals surface area contributed by atoms with Gasteiger partial charge in [-0.3, -0.25) is 9.58 Å². The summed E-state index contributed by atoms with van der Waals surface area (Å²) >= 11 is 6.28. The van der Waals surface area contributed by atoms with Crippen LogP contribution in [0, 0.1) is 12.8 Å². The number of likely N-dealkylation sites (tertiary alicyclic amines) is 1. The summed E-state index contributed by atoms with van der Waals surface area (Å²) in [7, 11) is 1.95. The van der Waals surface area contributed by atoms with Crippen LogP contribution in [0.5, 0.6) is 0 Å². The molecule has 1 aliphatic rings. The first-order valence-electron chi connectivity index (χ1n) is 6.63. The molecule has 1 saturated heterocycles. The van der Waals surface area contributed by atoms with Crippen molar-refractivity contribution in [1.82, 2.24) is 14.7 Å². The third-order valence-electron chi connectivity index (χ3n) is 3.78. The molecule has 1 aromatic rings. The number of hydrogen-bond donors (Lipinski definition) is 1. The highest BCUT2D eigenvalue weighted by atomic mass is 35.5. The second kappa shape index (κ2) is 6.04. The number of halogens is 1. The Balaban J connectivity index is 2.00. The number of nitrogens with zero attached hydrogens (tertiary/aromatic N) is 3. The van der Waals surface area contributed by atoms with Crippen LogP contribution in [0.1, 0.15) is 30.7 Å². The molecule has 1 aromatic heterocycles. The Labute approximate surface area is 114 Å². The van der Waals surface area contributed by atoms with Gasteiger partial charge in [0.25, 0.3) is 0 Å². The summed E-state index contributed by atoms with van der Waals surface area (Å²) in [4.78, 5) is 2.42. The Kier molecular flexibility index (Phi) is 4.65. The van der Waals surface area contributed by atoms with Crippen LogP contribution in [-0.2, 0) is 13.6 Å². The number of hydrogen-bond acceptors (Lipinski definition) is 3. The molecule has 1 atom stereocenters. The van der Waals surface area contributed by atoms with Gasteiger partial charge in [-0.1, -0.05) is 11.6 Å². The van der Waals surface area contributed by atoms with Gasteiger partial charge in [0.2, 0.25) is 0 Å². The highest BCUT2D eigenvalue weighted by Gasteiger charge is 2.22. The van der Waals surface area contributed by atoms with Crippen LogP contribution in [0.4, 0.5) is 0 Å². The molecule has 5 heteroatoms. The van der Waals surface area contributed by atoms with Crippen molar-refractivity contribution in [3.63, 3.8) is 0 Å². The molecule has 102 valence electrons. The molecule has 2 heterocycles. The topological polar surface area (TPSA) is 41.3 Å². The third-order valence-corrected chi connectivity index (χ3v) is 4.27. The molecule has 0 aliphatic carbocycles. The number of rotatable bonds is 4. The fraction of sp³-hybridized carbons (Fsp3) is 0.769. The van der Waals surface area contributed by atoms with Gasteiger partial charge in [0.1, 0.15) is 0 Å². The zero-order valence-corrected chi connectivity index (χ0v) is 11.9. The summed E-state index contributed by atoms with van der Waals surface area (Å²) in [6.45, 7) is 5.27. The SMILES string of the molecule is Cc1nn(C)c(CN2CCCC(CCO)C2)c1Cl. The maximum Gasteiger partial charge on any atom is 0.0860 e. The molecule has 1 aliphatic heterocycles. The number of aromatic nitrogens is 2. The number of aliphatic hydroxyl groups excluding tert-OH is 1. The van der Waals surface area contributed by atoms with Crippen molar-refractivity contribution in [3.8, 4) is 0 Å².